The smallest absolute Gasteiger partial charge is 0.0716 e. The molecule has 180 valence electrons. The Morgan fingerprint density at radius 1 is 0.727 bits per heavy atom. The van der Waals surface area contributed by atoms with Gasteiger partial charge in [0.1, 0.15) is 0 Å². The number of rotatable bonds is 15. The Kier molecular flexibility index (Phi) is 11.8. The summed E-state index contributed by atoms with van der Waals surface area (Å²) in [6, 6.07) is 18.1. The van der Waals surface area contributed by atoms with Crippen molar-refractivity contribution in [2.45, 2.75) is 97.0 Å². The molecule has 0 radical (unpaired) electrons. The SMILES string of the molecule is C=Cc1ccc(CC[C@H]2CC[C@H](CCCCc3ccc(COCCCCC)cc3)CC2)cc1. The van der Waals surface area contributed by atoms with Gasteiger partial charge in [0.15, 0.2) is 0 Å². The lowest BCUT2D eigenvalue weighted by Crippen LogP contribution is -2.15. The molecule has 0 aromatic heterocycles. The molecule has 0 heterocycles. The molecule has 33 heavy (non-hydrogen) atoms. The fourth-order valence-corrected chi connectivity index (χ4v) is 5.21. The van der Waals surface area contributed by atoms with E-state index in [2.05, 4.69) is 62.0 Å². The summed E-state index contributed by atoms with van der Waals surface area (Å²) in [4.78, 5) is 0. The third-order valence-corrected chi connectivity index (χ3v) is 7.53. The summed E-state index contributed by atoms with van der Waals surface area (Å²) in [6.07, 6.45) is 19.4. The van der Waals surface area contributed by atoms with Crippen LogP contribution in [0.3, 0.4) is 0 Å². The highest BCUT2D eigenvalue weighted by Crippen LogP contribution is 2.34. The van der Waals surface area contributed by atoms with Crippen molar-refractivity contribution in [1.82, 2.24) is 0 Å². The zero-order chi connectivity index (χ0) is 23.1. The van der Waals surface area contributed by atoms with Crippen LogP contribution in [0, 0.1) is 11.8 Å². The number of benzene rings is 2. The first-order valence-corrected chi connectivity index (χ1v) is 13.6. The van der Waals surface area contributed by atoms with Crippen LogP contribution in [0.2, 0.25) is 0 Å². The topological polar surface area (TPSA) is 9.23 Å². The summed E-state index contributed by atoms with van der Waals surface area (Å²) in [5.74, 6) is 1.91. The van der Waals surface area contributed by atoms with Crippen LogP contribution in [0.5, 0.6) is 0 Å². The highest BCUT2D eigenvalue weighted by atomic mass is 16.5. The van der Waals surface area contributed by atoms with Gasteiger partial charge in [-0.2, -0.15) is 0 Å². The summed E-state index contributed by atoms with van der Waals surface area (Å²) in [5.41, 5.74) is 5.49. The summed E-state index contributed by atoms with van der Waals surface area (Å²) in [7, 11) is 0. The van der Waals surface area contributed by atoms with Crippen molar-refractivity contribution in [3.8, 4) is 0 Å². The normalized spacial score (nSPS) is 18.3. The predicted octanol–water partition coefficient (Wildman–Crippen LogP) is 9.19. The quantitative estimate of drug-likeness (QED) is 0.248. The van der Waals surface area contributed by atoms with Gasteiger partial charge in [-0.05, 0) is 66.2 Å². The van der Waals surface area contributed by atoms with Crippen molar-refractivity contribution in [3.63, 3.8) is 0 Å². The van der Waals surface area contributed by atoms with E-state index in [1.165, 1.54) is 106 Å². The summed E-state index contributed by atoms with van der Waals surface area (Å²) < 4.78 is 5.78. The summed E-state index contributed by atoms with van der Waals surface area (Å²) in [6.45, 7) is 7.72. The van der Waals surface area contributed by atoms with Gasteiger partial charge >= 0.3 is 0 Å². The monoisotopic (exact) mass is 446 g/mol. The molecule has 1 aliphatic carbocycles. The minimum atomic E-state index is 0.758. The van der Waals surface area contributed by atoms with Crippen molar-refractivity contribution in [2.75, 3.05) is 6.61 Å². The number of hydrogen-bond donors (Lipinski definition) is 0. The molecule has 3 rings (SSSR count). The molecule has 0 bridgehead atoms. The Bertz CT molecular complexity index is 765. The third-order valence-electron chi connectivity index (χ3n) is 7.53. The van der Waals surface area contributed by atoms with Gasteiger partial charge in [-0.3, -0.25) is 0 Å². The molecule has 1 fully saturated rings. The van der Waals surface area contributed by atoms with Gasteiger partial charge in [0, 0.05) is 6.61 Å². The van der Waals surface area contributed by atoms with E-state index in [1.807, 2.05) is 6.08 Å². The van der Waals surface area contributed by atoms with Crippen LogP contribution in [0.1, 0.15) is 99.8 Å². The van der Waals surface area contributed by atoms with Crippen LogP contribution in [0.4, 0.5) is 0 Å². The number of unbranched alkanes of at least 4 members (excludes halogenated alkanes) is 3. The lowest BCUT2D eigenvalue weighted by molar-refractivity contribution is 0.117. The molecule has 1 saturated carbocycles. The first-order valence-electron chi connectivity index (χ1n) is 13.6. The van der Waals surface area contributed by atoms with E-state index < -0.39 is 0 Å². The van der Waals surface area contributed by atoms with Gasteiger partial charge in [0.2, 0.25) is 0 Å². The molecule has 1 heteroatoms. The maximum absolute atomic E-state index is 5.78. The first kappa shape index (κ1) is 25.8. The van der Waals surface area contributed by atoms with Crippen LogP contribution in [-0.2, 0) is 24.2 Å². The summed E-state index contributed by atoms with van der Waals surface area (Å²) in [5, 5.41) is 0. The summed E-state index contributed by atoms with van der Waals surface area (Å²) >= 11 is 0. The largest absolute Gasteiger partial charge is 0.377 e. The standard InChI is InChI=1S/C32H46O/c1-3-5-8-25-33-26-32-23-21-29(22-24-32)10-7-6-9-28-15-17-31(18-16-28)20-19-30-13-11-27(4-2)12-14-30/h4,11-14,21-24,28,31H,2-3,5-10,15-20,25-26H2,1H3/t28-,31-. The van der Waals surface area contributed by atoms with Crippen molar-refractivity contribution >= 4 is 6.08 Å². The Hall–Kier alpha value is -1.86. The zero-order valence-corrected chi connectivity index (χ0v) is 21.1. The molecule has 0 saturated heterocycles. The van der Waals surface area contributed by atoms with Crippen molar-refractivity contribution in [2.24, 2.45) is 11.8 Å². The van der Waals surface area contributed by atoms with Gasteiger partial charge in [-0.1, -0.05) is 119 Å². The van der Waals surface area contributed by atoms with Crippen molar-refractivity contribution < 1.29 is 4.74 Å². The molecule has 0 aliphatic heterocycles. The first-order chi connectivity index (χ1) is 16.3. The molecule has 2 aromatic carbocycles. The minimum absolute atomic E-state index is 0.758. The minimum Gasteiger partial charge on any atom is -0.377 e. The second kappa shape index (κ2) is 15.1. The van der Waals surface area contributed by atoms with E-state index in [0.29, 0.717) is 0 Å². The van der Waals surface area contributed by atoms with Gasteiger partial charge in [-0.25, -0.2) is 0 Å². The number of ether oxygens (including phenoxy) is 1. The van der Waals surface area contributed by atoms with Gasteiger partial charge in [0.25, 0.3) is 0 Å². The third kappa shape index (κ3) is 9.88. The highest BCUT2D eigenvalue weighted by molar-refractivity contribution is 5.47. The van der Waals surface area contributed by atoms with E-state index >= 15 is 0 Å². The van der Waals surface area contributed by atoms with Crippen LogP contribution >= 0.6 is 0 Å². The second-order valence-electron chi connectivity index (χ2n) is 10.2. The lowest BCUT2D eigenvalue weighted by Gasteiger charge is -2.28. The molecular weight excluding hydrogens is 400 g/mol. The second-order valence-corrected chi connectivity index (χ2v) is 10.2. The fraction of sp³-hybridized carbons (Fsp3) is 0.562. The Labute approximate surface area is 203 Å². The van der Waals surface area contributed by atoms with E-state index in [9.17, 15) is 0 Å². The molecule has 0 N–H and O–H groups in total. The van der Waals surface area contributed by atoms with Crippen LogP contribution in [0.15, 0.2) is 55.1 Å². The van der Waals surface area contributed by atoms with Gasteiger partial charge in [0.05, 0.1) is 6.61 Å². The fourth-order valence-electron chi connectivity index (χ4n) is 5.21. The van der Waals surface area contributed by atoms with Crippen molar-refractivity contribution in [3.05, 3.63) is 77.4 Å². The Morgan fingerprint density at radius 2 is 1.33 bits per heavy atom. The molecule has 0 atom stereocenters. The van der Waals surface area contributed by atoms with Gasteiger partial charge < -0.3 is 4.74 Å². The molecule has 0 amide bonds. The van der Waals surface area contributed by atoms with Crippen LogP contribution in [0.25, 0.3) is 6.08 Å². The Balaban J connectivity index is 1.23. The highest BCUT2D eigenvalue weighted by Gasteiger charge is 2.20. The average Bonchev–Trinajstić information content (AvgIpc) is 2.87. The van der Waals surface area contributed by atoms with E-state index in [0.717, 1.165) is 25.0 Å². The van der Waals surface area contributed by atoms with Crippen molar-refractivity contribution in [1.29, 1.82) is 0 Å². The molecular formula is C32H46O. The van der Waals surface area contributed by atoms with E-state index in [1.54, 1.807) is 0 Å². The molecule has 1 nitrogen and oxygen atoms in total. The molecule has 0 unspecified atom stereocenters. The maximum Gasteiger partial charge on any atom is 0.0716 e. The molecule has 2 aromatic rings. The van der Waals surface area contributed by atoms with E-state index in [4.69, 9.17) is 4.74 Å². The number of hydrogen-bond acceptors (Lipinski definition) is 1. The van der Waals surface area contributed by atoms with Crippen LogP contribution < -0.4 is 0 Å². The number of aryl methyl sites for hydroxylation is 2. The predicted molar refractivity (Wildman–Crippen MR) is 143 cm³/mol. The van der Waals surface area contributed by atoms with Crippen LogP contribution in [-0.4, -0.2) is 6.61 Å². The zero-order valence-electron chi connectivity index (χ0n) is 21.1. The maximum atomic E-state index is 5.78. The average molecular weight is 447 g/mol. The molecule has 1 aliphatic rings. The lowest BCUT2D eigenvalue weighted by atomic mass is 9.77. The van der Waals surface area contributed by atoms with E-state index in [-0.39, 0.29) is 0 Å². The Morgan fingerprint density at radius 3 is 2.00 bits per heavy atom. The van der Waals surface area contributed by atoms with Gasteiger partial charge in [-0.15, -0.1) is 0 Å². The molecule has 0 spiro atoms.